The van der Waals surface area contributed by atoms with E-state index >= 15 is 0 Å². The van der Waals surface area contributed by atoms with Crippen molar-refractivity contribution >= 4 is 0 Å². The minimum Gasteiger partial charge on any atom is -0.470 e. The van der Waals surface area contributed by atoms with Gasteiger partial charge in [-0.1, -0.05) is 0 Å². The van der Waals surface area contributed by atoms with Gasteiger partial charge in [0.15, 0.2) is 0 Å². The van der Waals surface area contributed by atoms with Crippen molar-refractivity contribution in [2.45, 2.75) is 31.8 Å². The third-order valence-electron chi connectivity index (χ3n) is 2.57. The van der Waals surface area contributed by atoms with Crippen LogP contribution in [0.15, 0.2) is 17.2 Å². The van der Waals surface area contributed by atoms with E-state index in [0.717, 1.165) is 12.8 Å². The van der Waals surface area contributed by atoms with Crippen LogP contribution in [0.3, 0.4) is 0 Å². The fraction of sp³-hybridized carbons (Fsp3) is 0.600. The largest absolute Gasteiger partial charge is 0.470 e. The zero-order chi connectivity index (χ0) is 9.97. The average molecular weight is 194 g/mol. The van der Waals surface area contributed by atoms with Gasteiger partial charge in [-0.25, -0.2) is 4.98 Å². The Balaban J connectivity index is 2.16. The lowest BCUT2D eigenvalue weighted by atomic mass is 10.3. The van der Waals surface area contributed by atoms with Gasteiger partial charge in [0, 0.05) is 19.4 Å². The van der Waals surface area contributed by atoms with Crippen LogP contribution in [0.1, 0.15) is 25.7 Å². The Hall–Kier alpha value is -1.32. The summed E-state index contributed by atoms with van der Waals surface area (Å²) in [5, 5.41) is 0. The first-order valence-electron chi connectivity index (χ1n) is 4.95. The maximum atomic E-state index is 11.5. The molecule has 0 aromatic carbocycles. The fourth-order valence-corrected chi connectivity index (χ4v) is 1.72. The van der Waals surface area contributed by atoms with E-state index < -0.39 is 0 Å². The summed E-state index contributed by atoms with van der Waals surface area (Å²) in [6, 6.07) is 0. The molecule has 14 heavy (non-hydrogen) atoms. The third-order valence-corrected chi connectivity index (χ3v) is 2.57. The average Bonchev–Trinajstić information content (AvgIpc) is 2.66. The van der Waals surface area contributed by atoms with Crippen molar-refractivity contribution in [3.8, 4) is 5.88 Å². The summed E-state index contributed by atoms with van der Waals surface area (Å²) in [6.45, 7) is 0. The van der Waals surface area contributed by atoms with Crippen LogP contribution in [0, 0.1) is 0 Å². The molecule has 76 valence electrons. The zero-order valence-electron chi connectivity index (χ0n) is 8.27. The molecule has 0 unspecified atom stereocenters. The van der Waals surface area contributed by atoms with Gasteiger partial charge in [0.05, 0.1) is 0 Å². The number of hydrogen-bond donors (Lipinski definition) is 0. The molecule has 0 aliphatic heterocycles. The standard InChI is InChI=1S/C10H14N2O2/c1-12-7-6-11-9(10(12)13)14-8-4-2-3-5-8/h6-8H,2-5H2,1H3. The van der Waals surface area contributed by atoms with Crippen molar-refractivity contribution in [2.24, 2.45) is 7.05 Å². The van der Waals surface area contributed by atoms with Gasteiger partial charge in [0.2, 0.25) is 0 Å². The van der Waals surface area contributed by atoms with E-state index in [9.17, 15) is 4.79 Å². The van der Waals surface area contributed by atoms with Crippen molar-refractivity contribution in [3.05, 3.63) is 22.7 Å². The lowest BCUT2D eigenvalue weighted by molar-refractivity contribution is 0.197. The van der Waals surface area contributed by atoms with E-state index in [0.29, 0.717) is 0 Å². The smallest absolute Gasteiger partial charge is 0.313 e. The first kappa shape index (κ1) is 9.24. The summed E-state index contributed by atoms with van der Waals surface area (Å²) in [7, 11) is 1.70. The normalized spacial score (nSPS) is 17.2. The number of rotatable bonds is 2. The van der Waals surface area contributed by atoms with Gasteiger partial charge < -0.3 is 9.30 Å². The molecule has 1 heterocycles. The second-order valence-corrected chi connectivity index (χ2v) is 3.67. The van der Waals surface area contributed by atoms with Crippen LogP contribution in [0.5, 0.6) is 5.88 Å². The van der Waals surface area contributed by atoms with Gasteiger partial charge in [-0.15, -0.1) is 0 Å². The van der Waals surface area contributed by atoms with Gasteiger partial charge in [-0.05, 0) is 25.7 Å². The number of aryl methyl sites for hydroxylation is 1. The summed E-state index contributed by atoms with van der Waals surface area (Å²) in [4.78, 5) is 15.5. The highest BCUT2D eigenvalue weighted by atomic mass is 16.5. The Morgan fingerprint density at radius 3 is 2.93 bits per heavy atom. The van der Waals surface area contributed by atoms with Crippen LogP contribution < -0.4 is 10.3 Å². The fourth-order valence-electron chi connectivity index (χ4n) is 1.72. The van der Waals surface area contributed by atoms with Gasteiger partial charge >= 0.3 is 5.56 Å². The molecule has 2 rings (SSSR count). The van der Waals surface area contributed by atoms with Crippen molar-refractivity contribution in [3.63, 3.8) is 0 Å². The molecule has 1 aliphatic rings. The van der Waals surface area contributed by atoms with Crippen LogP contribution >= 0.6 is 0 Å². The summed E-state index contributed by atoms with van der Waals surface area (Å²) >= 11 is 0. The van der Waals surface area contributed by atoms with Crippen molar-refractivity contribution in [1.82, 2.24) is 9.55 Å². The minimum absolute atomic E-state index is 0.153. The predicted molar refractivity (Wildman–Crippen MR) is 52.4 cm³/mol. The molecular formula is C10H14N2O2. The number of aromatic nitrogens is 2. The SMILES string of the molecule is Cn1ccnc(OC2CCCC2)c1=O. The Kier molecular flexibility index (Phi) is 2.52. The van der Waals surface area contributed by atoms with Crippen LogP contribution in [-0.2, 0) is 7.05 Å². The van der Waals surface area contributed by atoms with Crippen LogP contribution in [0.25, 0.3) is 0 Å². The summed E-state index contributed by atoms with van der Waals surface area (Å²) in [5.74, 6) is 0.238. The number of nitrogens with zero attached hydrogens (tertiary/aromatic N) is 2. The van der Waals surface area contributed by atoms with E-state index in [1.54, 1.807) is 19.4 Å². The van der Waals surface area contributed by atoms with E-state index in [1.165, 1.54) is 17.4 Å². The first-order valence-corrected chi connectivity index (χ1v) is 4.95. The Morgan fingerprint density at radius 2 is 2.21 bits per heavy atom. The van der Waals surface area contributed by atoms with Gasteiger partial charge in [-0.3, -0.25) is 4.79 Å². The second kappa shape index (κ2) is 3.82. The van der Waals surface area contributed by atoms with Crippen LogP contribution in [0.2, 0.25) is 0 Å². The van der Waals surface area contributed by atoms with Crippen LogP contribution in [-0.4, -0.2) is 15.7 Å². The molecule has 0 atom stereocenters. The van der Waals surface area contributed by atoms with Crippen molar-refractivity contribution < 1.29 is 4.74 Å². The molecule has 1 aromatic heterocycles. The lowest BCUT2D eigenvalue weighted by Crippen LogP contribution is -2.23. The summed E-state index contributed by atoms with van der Waals surface area (Å²) in [5.41, 5.74) is -0.153. The second-order valence-electron chi connectivity index (χ2n) is 3.67. The topological polar surface area (TPSA) is 44.1 Å². The van der Waals surface area contributed by atoms with E-state index in [1.807, 2.05) is 0 Å². The number of ether oxygens (including phenoxy) is 1. The lowest BCUT2D eigenvalue weighted by Gasteiger charge is -2.11. The maximum absolute atomic E-state index is 11.5. The molecule has 0 saturated heterocycles. The highest BCUT2D eigenvalue weighted by Crippen LogP contribution is 2.21. The molecule has 1 aromatic rings. The molecule has 0 bridgehead atoms. The molecule has 0 amide bonds. The predicted octanol–water partition coefficient (Wildman–Crippen LogP) is 1.10. The maximum Gasteiger partial charge on any atom is 0.313 e. The molecule has 4 heteroatoms. The van der Waals surface area contributed by atoms with E-state index in [4.69, 9.17) is 4.74 Å². The molecular weight excluding hydrogens is 180 g/mol. The third kappa shape index (κ3) is 1.78. The number of hydrogen-bond acceptors (Lipinski definition) is 3. The molecule has 1 aliphatic carbocycles. The van der Waals surface area contributed by atoms with Gasteiger partial charge in [-0.2, -0.15) is 0 Å². The van der Waals surface area contributed by atoms with Crippen molar-refractivity contribution in [1.29, 1.82) is 0 Å². The zero-order valence-corrected chi connectivity index (χ0v) is 8.27. The minimum atomic E-state index is -0.153. The Morgan fingerprint density at radius 1 is 1.50 bits per heavy atom. The van der Waals surface area contributed by atoms with Crippen molar-refractivity contribution in [2.75, 3.05) is 0 Å². The van der Waals surface area contributed by atoms with Gasteiger partial charge in [0.1, 0.15) is 6.10 Å². The monoisotopic (exact) mass is 194 g/mol. The highest BCUT2D eigenvalue weighted by Gasteiger charge is 2.18. The summed E-state index contributed by atoms with van der Waals surface area (Å²) < 4.78 is 7.03. The molecule has 1 saturated carbocycles. The first-order chi connectivity index (χ1) is 6.77. The molecule has 0 spiro atoms. The highest BCUT2D eigenvalue weighted by molar-refractivity contribution is 5.04. The molecule has 0 radical (unpaired) electrons. The quantitative estimate of drug-likeness (QED) is 0.708. The Labute approximate surface area is 82.5 Å². The van der Waals surface area contributed by atoms with Gasteiger partial charge in [0.25, 0.3) is 5.88 Å². The van der Waals surface area contributed by atoms with E-state index in [-0.39, 0.29) is 17.5 Å². The molecule has 0 N–H and O–H groups in total. The van der Waals surface area contributed by atoms with Crippen LogP contribution in [0.4, 0.5) is 0 Å². The summed E-state index contributed by atoms with van der Waals surface area (Å²) in [6.07, 6.45) is 7.88. The molecule has 1 fully saturated rings. The van der Waals surface area contributed by atoms with E-state index in [2.05, 4.69) is 4.98 Å². The Bertz CT molecular complexity index is 367. The molecule has 4 nitrogen and oxygen atoms in total.